The Morgan fingerprint density at radius 2 is 2.00 bits per heavy atom. The van der Waals surface area contributed by atoms with Gasteiger partial charge in [0.05, 0.1) is 0 Å². The summed E-state index contributed by atoms with van der Waals surface area (Å²) in [6, 6.07) is 10.6. The lowest BCUT2D eigenvalue weighted by molar-refractivity contribution is 0.944. The molecule has 1 rings (SSSR count). The summed E-state index contributed by atoms with van der Waals surface area (Å²) in [6.45, 7) is 2.21. The molecule has 0 amide bonds. The number of unbranched alkanes of at least 4 members (excludes halogenated alkanes) is 1. The van der Waals surface area contributed by atoms with Crippen molar-refractivity contribution in [1.29, 1.82) is 0 Å². The van der Waals surface area contributed by atoms with Crippen molar-refractivity contribution in [3.8, 4) is 0 Å². The van der Waals surface area contributed by atoms with Crippen LogP contribution < -0.4 is 0 Å². The smallest absolute Gasteiger partial charge is 0.0187 e. The Bertz CT molecular complexity index is 193. The van der Waals surface area contributed by atoms with Crippen LogP contribution in [0.25, 0.3) is 0 Å². The zero-order chi connectivity index (χ0) is 8.65. The summed E-state index contributed by atoms with van der Waals surface area (Å²) >= 11 is 1.91. The van der Waals surface area contributed by atoms with Gasteiger partial charge in [0.15, 0.2) is 0 Å². The van der Waals surface area contributed by atoms with E-state index in [1.807, 2.05) is 11.8 Å². The second-order valence-electron chi connectivity index (χ2n) is 2.75. The summed E-state index contributed by atoms with van der Waals surface area (Å²) in [4.78, 5) is 0. The number of hydrogen-bond donors (Lipinski definition) is 0. The Morgan fingerprint density at radius 1 is 1.25 bits per heavy atom. The van der Waals surface area contributed by atoms with E-state index in [1.54, 1.807) is 0 Å². The van der Waals surface area contributed by atoms with E-state index in [0.717, 1.165) is 5.75 Å². The minimum absolute atomic E-state index is 1.11. The molecule has 1 radical (unpaired) electrons. The van der Waals surface area contributed by atoms with Crippen molar-refractivity contribution in [2.24, 2.45) is 0 Å². The maximum absolute atomic E-state index is 2.30. The summed E-state index contributed by atoms with van der Waals surface area (Å²) in [7, 11) is 0. The van der Waals surface area contributed by atoms with E-state index >= 15 is 0 Å². The van der Waals surface area contributed by atoms with Crippen LogP contribution in [0.1, 0.15) is 25.3 Å². The predicted octanol–water partition coefficient (Wildman–Crippen LogP) is 3.88. The third-order valence-corrected chi connectivity index (χ3v) is 2.59. The van der Waals surface area contributed by atoms with E-state index < -0.39 is 0 Å². The molecule has 0 atom stereocenters. The van der Waals surface area contributed by atoms with Gasteiger partial charge in [0.25, 0.3) is 0 Å². The largest absolute Gasteiger partial charge is 0.153 e. The minimum Gasteiger partial charge on any atom is -0.153 e. The van der Waals surface area contributed by atoms with Crippen molar-refractivity contribution in [1.82, 2.24) is 0 Å². The summed E-state index contributed by atoms with van der Waals surface area (Å²) in [6.07, 6.45) is 2.47. The van der Waals surface area contributed by atoms with Crippen LogP contribution in [0.5, 0.6) is 0 Å². The first kappa shape index (κ1) is 9.66. The maximum Gasteiger partial charge on any atom is 0.0187 e. The molecule has 0 N–H and O–H groups in total. The zero-order valence-electron chi connectivity index (χ0n) is 7.49. The van der Waals surface area contributed by atoms with Gasteiger partial charge in [-0.25, -0.2) is 0 Å². The van der Waals surface area contributed by atoms with Gasteiger partial charge in [0.2, 0.25) is 0 Å². The Labute approximate surface area is 79.4 Å². The molecular weight excluding hydrogens is 164 g/mol. The van der Waals surface area contributed by atoms with E-state index in [1.165, 1.54) is 18.4 Å². The molecule has 0 heterocycles. The van der Waals surface area contributed by atoms with Crippen molar-refractivity contribution in [3.05, 3.63) is 41.6 Å². The normalized spacial score (nSPS) is 10.1. The van der Waals surface area contributed by atoms with Crippen LogP contribution in [0.15, 0.2) is 30.3 Å². The van der Waals surface area contributed by atoms with E-state index in [0.29, 0.717) is 0 Å². The average Bonchev–Trinajstić information content (AvgIpc) is 2.14. The first-order chi connectivity index (χ1) is 5.93. The Kier molecular flexibility index (Phi) is 4.93. The third kappa shape index (κ3) is 3.82. The fourth-order valence-corrected chi connectivity index (χ4v) is 1.84. The highest BCUT2D eigenvalue weighted by molar-refractivity contribution is 8.00. The van der Waals surface area contributed by atoms with Crippen LogP contribution in [0.4, 0.5) is 0 Å². The summed E-state index contributed by atoms with van der Waals surface area (Å²) in [5.74, 6) is 3.41. The van der Waals surface area contributed by atoms with Gasteiger partial charge in [-0.1, -0.05) is 43.7 Å². The molecule has 1 aromatic rings. The third-order valence-electron chi connectivity index (χ3n) is 1.62. The van der Waals surface area contributed by atoms with Gasteiger partial charge in [0, 0.05) is 11.5 Å². The number of benzene rings is 1. The van der Waals surface area contributed by atoms with Gasteiger partial charge in [-0.3, -0.25) is 0 Å². The van der Waals surface area contributed by atoms with Crippen molar-refractivity contribution < 1.29 is 0 Å². The SMILES string of the molecule is CCC[CH]SCc1ccccc1. The van der Waals surface area contributed by atoms with Crippen molar-refractivity contribution >= 4 is 11.8 Å². The first-order valence-electron chi connectivity index (χ1n) is 4.40. The molecule has 0 unspecified atom stereocenters. The lowest BCUT2D eigenvalue weighted by Gasteiger charge is -1.99. The Hall–Kier alpha value is -0.430. The van der Waals surface area contributed by atoms with E-state index in [2.05, 4.69) is 43.0 Å². The fourth-order valence-electron chi connectivity index (χ4n) is 0.931. The zero-order valence-corrected chi connectivity index (χ0v) is 8.31. The van der Waals surface area contributed by atoms with Gasteiger partial charge in [-0.2, -0.15) is 11.8 Å². The lowest BCUT2D eigenvalue weighted by atomic mass is 10.2. The monoisotopic (exact) mass is 179 g/mol. The molecule has 0 spiro atoms. The second-order valence-corrected chi connectivity index (χ2v) is 3.71. The molecule has 0 aromatic heterocycles. The van der Waals surface area contributed by atoms with Gasteiger partial charge < -0.3 is 0 Å². The summed E-state index contributed by atoms with van der Waals surface area (Å²) < 4.78 is 0. The number of rotatable bonds is 5. The van der Waals surface area contributed by atoms with Gasteiger partial charge in [0.1, 0.15) is 0 Å². The van der Waals surface area contributed by atoms with Crippen LogP contribution in [0.2, 0.25) is 0 Å². The fraction of sp³-hybridized carbons (Fsp3) is 0.364. The highest BCUT2D eigenvalue weighted by Gasteiger charge is 1.91. The molecule has 1 aromatic carbocycles. The van der Waals surface area contributed by atoms with Crippen molar-refractivity contribution in [3.63, 3.8) is 0 Å². The van der Waals surface area contributed by atoms with Crippen LogP contribution >= 0.6 is 11.8 Å². The van der Waals surface area contributed by atoms with Gasteiger partial charge >= 0.3 is 0 Å². The molecule has 65 valence electrons. The van der Waals surface area contributed by atoms with Crippen LogP contribution in [0.3, 0.4) is 0 Å². The Balaban J connectivity index is 2.16. The number of hydrogen-bond acceptors (Lipinski definition) is 1. The summed E-state index contributed by atoms with van der Waals surface area (Å²) in [5.41, 5.74) is 1.41. The quantitative estimate of drug-likeness (QED) is 0.618. The molecule has 0 fully saturated rings. The molecule has 0 aliphatic heterocycles. The molecule has 0 saturated heterocycles. The first-order valence-corrected chi connectivity index (χ1v) is 5.45. The van der Waals surface area contributed by atoms with Crippen molar-refractivity contribution in [2.75, 3.05) is 0 Å². The standard InChI is InChI=1S/C11H15S/c1-2-3-9-12-10-11-7-5-4-6-8-11/h4-9H,2-3,10H2,1H3. The van der Waals surface area contributed by atoms with Crippen LogP contribution in [-0.2, 0) is 5.75 Å². The van der Waals surface area contributed by atoms with Crippen LogP contribution in [-0.4, -0.2) is 0 Å². The van der Waals surface area contributed by atoms with E-state index in [-0.39, 0.29) is 0 Å². The molecular formula is C11H15S. The molecule has 0 aliphatic rings. The summed E-state index contributed by atoms with van der Waals surface area (Å²) in [5, 5.41) is 0. The van der Waals surface area contributed by atoms with Gasteiger partial charge in [-0.15, -0.1) is 0 Å². The predicted molar refractivity (Wildman–Crippen MR) is 56.9 cm³/mol. The highest BCUT2D eigenvalue weighted by Crippen LogP contribution is 2.16. The molecule has 12 heavy (non-hydrogen) atoms. The highest BCUT2D eigenvalue weighted by atomic mass is 32.2. The molecule has 0 aliphatic carbocycles. The molecule has 1 heteroatoms. The molecule has 0 nitrogen and oxygen atoms in total. The van der Waals surface area contributed by atoms with E-state index in [4.69, 9.17) is 0 Å². The minimum atomic E-state index is 1.11. The molecule has 0 saturated carbocycles. The lowest BCUT2D eigenvalue weighted by Crippen LogP contribution is -1.78. The maximum atomic E-state index is 2.30. The van der Waals surface area contributed by atoms with Crippen molar-refractivity contribution in [2.45, 2.75) is 25.5 Å². The van der Waals surface area contributed by atoms with E-state index in [9.17, 15) is 0 Å². The average molecular weight is 179 g/mol. The number of thioether (sulfide) groups is 1. The molecule has 0 bridgehead atoms. The second kappa shape index (κ2) is 6.13. The topological polar surface area (TPSA) is 0 Å². The van der Waals surface area contributed by atoms with Crippen LogP contribution in [0, 0.1) is 5.75 Å². The van der Waals surface area contributed by atoms with Gasteiger partial charge in [-0.05, 0) is 12.0 Å². The Morgan fingerprint density at radius 3 is 2.67 bits per heavy atom.